The van der Waals surface area contributed by atoms with E-state index in [9.17, 15) is 0 Å². The van der Waals surface area contributed by atoms with Crippen LogP contribution >= 0.6 is 11.3 Å². The number of nitrogens with one attached hydrogen (secondary N) is 3. The second kappa shape index (κ2) is 8.89. The SMILES string of the molecule is COCCNCc1cccc(-c2cc3c(Nc4ccc5[nH]ccc5c4)ccnc3s2)c1. The van der Waals surface area contributed by atoms with Crippen molar-refractivity contribution in [3.05, 3.63) is 78.6 Å². The van der Waals surface area contributed by atoms with Gasteiger partial charge >= 0.3 is 0 Å². The number of pyridine rings is 1. The Kier molecular flexibility index (Phi) is 5.67. The molecule has 0 aliphatic rings. The van der Waals surface area contributed by atoms with Crippen molar-refractivity contribution in [2.75, 3.05) is 25.6 Å². The first-order valence-corrected chi connectivity index (χ1v) is 11.1. The summed E-state index contributed by atoms with van der Waals surface area (Å²) >= 11 is 1.72. The summed E-state index contributed by atoms with van der Waals surface area (Å²) in [5.41, 5.74) is 5.75. The van der Waals surface area contributed by atoms with Gasteiger partial charge in [0.2, 0.25) is 0 Å². The van der Waals surface area contributed by atoms with Gasteiger partial charge in [0.25, 0.3) is 0 Å². The molecule has 0 bridgehead atoms. The van der Waals surface area contributed by atoms with Crippen LogP contribution in [-0.2, 0) is 11.3 Å². The van der Waals surface area contributed by atoms with Gasteiger partial charge < -0.3 is 20.4 Å². The summed E-state index contributed by atoms with van der Waals surface area (Å²) in [5, 5.41) is 9.32. The third kappa shape index (κ3) is 4.32. The lowest BCUT2D eigenvalue weighted by Crippen LogP contribution is -2.18. The van der Waals surface area contributed by atoms with E-state index in [-0.39, 0.29) is 0 Å². The van der Waals surface area contributed by atoms with Crippen molar-refractivity contribution in [2.45, 2.75) is 6.54 Å². The van der Waals surface area contributed by atoms with E-state index in [0.29, 0.717) is 6.61 Å². The molecule has 0 amide bonds. The molecule has 156 valence electrons. The van der Waals surface area contributed by atoms with Crippen molar-refractivity contribution in [2.24, 2.45) is 0 Å². The standard InChI is InChI=1S/C25H24N4OS/c1-30-12-11-26-16-17-3-2-4-19(13-17)24-15-21-23(8-10-28-25(21)31-24)29-20-5-6-22-18(14-20)7-9-27-22/h2-10,13-15,26-27H,11-12,16H2,1H3,(H,28,29). The summed E-state index contributed by atoms with van der Waals surface area (Å²) in [6.45, 7) is 2.39. The number of hydrogen-bond acceptors (Lipinski definition) is 5. The molecule has 3 heterocycles. The van der Waals surface area contributed by atoms with Crippen molar-refractivity contribution >= 4 is 43.8 Å². The fourth-order valence-electron chi connectivity index (χ4n) is 3.72. The van der Waals surface area contributed by atoms with E-state index in [1.54, 1.807) is 18.4 Å². The van der Waals surface area contributed by atoms with Gasteiger partial charge in [-0.15, -0.1) is 11.3 Å². The van der Waals surface area contributed by atoms with E-state index in [2.05, 4.69) is 75.2 Å². The fraction of sp³-hybridized carbons (Fsp3) is 0.160. The summed E-state index contributed by atoms with van der Waals surface area (Å²) in [6, 6.07) is 21.4. The smallest absolute Gasteiger partial charge is 0.125 e. The molecule has 31 heavy (non-hydrogen) atoms. The van der Waals surface area contributed by atoms with Crippen LogP contribution < -0.4 is 10.6 Å². The molecule has 6 heteroatoms. The molecule has 3 N–H and O–H groups in total. The number of aromatic nitrogens is 2. The van der Waals surface area contributed by atoms with Crippen LogP contribution in [0.2, 0.25) is 0 Å². The summed E-state index contributed by atoms with van der Waals surface area (Å²) in [6.07, 6.45) is 3.83. The number of anilines is 2. The first kappa shape index (κ1) is 19.8. The highest BCUT2D eigenvalue weighted by Gasteiger charge is 2.10. The van der Waals surface area contributed by atoms with E-state index < -0.39 is 0 Å². The van der Waals surface area contributed by atoms with Crippen molar-refractivity contribution in [3.63, 3.8) is 0 Å². The maximum Gasteiger partial charge on any atom is 0.125 e. The predicted molar refractivity (Wildman–Crippen MR) is 130 cm³/mol. The van der Waals surface area contributed by atoms with Crippen molar-refractivity contribution in [1.29, 1.82) is 0 Å². The van der Waals surface area contributed by atoms with Crippen LogP contribution in [0.5, 0.6) is 0 Å². The molecular formula is C25H24N4OS. The highest BCUT2D eigenvalue weighted by molar-refractivity contribution is 7.21. The lowest BCUT2D eigenvalue weighted by Gasteiger charge is -2.07. The van der Waals surface area contributed by atoms with Crippen LogP contribution in [-0.4, -0.2) is 30.2 Å². The lowest BCUT2D eigenvalue weighted by atomic mass is 10.1. The zero-order valence-corrected chi connectivity index (χ0v) is 18.1. The molecule has 0 spiro atoms. The minimum absolute atomic E-state index is 0.717. The van der Waals surface area contributed by atoms with Crippen molar-refractivity contribution < 1.29 is 4.74 Å². The average molecular weight is 429 g/mol. The topological polar surface area (TPSA) is 62.0 Å². The fourth-order valence-corrected chi connectivity index (χ4v) is 4.74. The Balaban J connectivity index is 1.41. The first-order chi connectivity index (χ1) is 15.3. The van der Waals surface area contributed by atoms with Crippen LogP contribution in [0.4, 0.5) is 11.4 Å². The lowest BCUT2D eigenvalue weighted by molar-refractivity contribution is 0.199. The van der Waals surface area contributed by atoms with Gasteiger partial charge in [-0.25, -0.2) is 4.98 Å². The van der Waals surface area contributed by atoms with Crippen LogP contribution in [0.15, 0.2) is 73.1 Å². The quantitative estimate of drug-likeness (QED) is 0.268. The highest BCUT2D eigenvalue weighted by atomic mass is 32.1. The Hall–Kier alpha value is -3.19. The Morgan fingerprint density at radius 2 is 2.03 bits per heavy atom. The zero-order chi connectivity index (χ0) is 21.0. The minimum Gasteiger partial charge on any atom is -0.383 e. The Morgan fingerprint density at radius 1 is 1.06 bits per heavy atom. The monoisotopic (exact) mass is 428 g/mol. The molecule has 5 aromatic rings. The summed E-state index contributed by atoms with van der Waals surface area (Å²) in [4.78, 5) is 10.1. The Bertz CT molecular complexity index is 1320. The molecule has 3 aromatic heterocycles. The first-order valence-electron chi connectivity index (χ1n) is 10.3. The molecular weight excluding hydrogens is 404 g/mol. The number of methoxy groups -OCH3 is 1. The number of rotatable bonds is 8. The number of aromatic amines is 1. The number of thiophene rings is 1. The maximum absolute atomic E-state index is 5.10. The summed E-state index contributed by atoms with van der Waals surface area (Å²) in [7, 11) is 1.72. The van der Waals surface area contributed by atoms with E-state index in [1.165, 1.54) is 21.4 Å². The minimum atomic E-state index is 0.717. The summed E-state index contributed by atoms with van der Waals surface area (Å²) in [5.74, 6) is 0. The number of benzene rings is 2. The van der Waals surface area contributed by atoms with Gasteiger partial charge in [-0.2, -0.15) is 0 Å². The summed E-state index contributed by atoms with van der Waals surface area (Å²) < 4.78 is 5.10. The van der Waals surface area contributed by atoms with Gasteiger partial charge in [0.1, 0.15) is 4.83 Å². The number of fused-ring (bicyclic) bond motifs is 2. The number of hydrogen-bond donors (Lipinski definition) is 3. The molecule has 5 rings (SSSR count). The molecule has 5 nitrogen and oxygen atoms in total. The zero-order valence-electron chi connectivity index (χ0n) is 17.3. The largest absolute Gasteiger partial charge is 0.383 e. The van der Waals surface area contributed by atoms with Crippen LogP contribution in [0.25, 0.3) is 31.6 Å². The Labute approximate surface area is 185 Å². The van der Waals surface area contributed by atoms with Crippen LogP contribution in [0, 0.1) is 0 Å². The molecule has 0 saturated carbocycles. The molecule has 0 aliphatic heterocycles. The predicted octanol–water partition coefficient (Wildman–Crippen LogP) is 5.92. The molecule has 0 saturated heterocycles. The maximum atomic E-state index is 5.10. The normalized spacial score (nSPS) is 11.4. The van der Waals surface area contributed by atoms with Crippen molar-refractivity contribution in [1.82, 2.24) is 15.3 Å². The van der Waals surface area contributed by atoms with Gasteiger partial charge in [-0.1, -0.05) is 18.2 Å². The second-order valence-electron chi connectivity index (χ2n) is 7.46. The van der Waals surface area contributed by atoms with E-state index in [0.717, 1.165) is 40.2 Å². The van der Waals surface area contributed by atoms with Gasteiger partial charge in [-0.05, 0) is 53.6 Å². The third-order valence-corrected chi connectivity index (χ3v) is 6.38. The Morgan fingerprint density at radius 3 is 2.97 bits per heavy atom. The van der Waals surface area contributed by atoms with Gasteiger partial charge in [0.05, 0.1) is 12.3 Å². The second-order valence-corrected chi connectivity index (χ2v) is 8.49. The molecule has 0 fully saturated rings. The van der Waals surface area contributed by atoms with E-state index >= 15 is 0 Å². The molecule has 0 unspecified atom stereocenters. The number of H-pyrrole nitrogens is 1. The number of nitrogens with zero attached hydrogens (tertiary/aromatic N) is 1. The van der Waals surface area contributed by atoms with Crippen LogP contribution in [0.1, 0.15) is 5.56 Å². The van der Waals surface area contributed by atoms with Gasteiger partial charge in [0.15, 0.2) is 0 Å². The van der Waals surface area contributed by atoms with Crippen molar-refractivity contribution in [3.8, 4) is 10.4 Å². The molecule has 0 radical (unpaired) electrons. The van der Waals surface area contributed by atoms with E-state index in [4.69, 9.17) is 4.74 Å². The third-order valence-electron chi connectivity index (χ3n) is 5.29. The van der Waals surface area contributed by atoms with Crippen LogP contribution in [0.3, 0.4) is 0 Å². The van der Waals surface area contributed by atoms with Gasteiger partial charge in [-0.3, -0.25) is 0 Å². The average Bonchev–Trinajstić information content (AvgIpc) is 3.44. The van der Waals surface area contributed by atoms with E-state index in [1.807, 2.05) is 18.5 Å². The highest BCUT2D eigenvalue weighted by Crippen LogP contribution is 2.37. The molecule has 2 aromatic carbocycles. The molecule has 0 atom stereocenters. The molecule has 0 aliphatic carbocycles. The van der Waals surface area contributed by atoms with Gasteiger partial charge in [0, 0.05) is 59.4 Å². The number of ether oxygens (including phenoxy) is 1.